The fourth-order valence-corrected chi connectivity index (χ4v) is 1.68. The highest BCUT2D eigenvalue weighted by Crippen LogP contribution is 2.10. The molecule has 0 spiro atoms. The molecule has 0 aliphatic carbocycles. The third kappa shape index (κ3) is 2.08. The van der Waals surface area contributed by atoms with E-state index in [9.17, 15) is 14.9 Å². The van der Waals surface area contributed by atoms with Gasteiger partial charge in [-0.2, -0.15) is 0 Å². The van der Waals surface area contributed by atoms with Gasteiger partial charge in [-0.3, -0.25) is 4.79 Å². The van der Waals surface area contributed by atoms with E-state index >= 15 is 0 Å². The predicted octanol–water partition coefficient (Wildman–Crippen LogP) is 0.526. The first-order valence-corrected chi connectivity index (χ1v) is 5.03. The number of hydrogen-bond donors (Lipinski definition) is 0. The van der Waals surface area contributed by atoms with Crippen LogP contribution in [0.2, 0.25) is 0 Å². The van der Waals surface area contributed by atoms with Gasteiger partial charge >= 0.3 is 5.95 Å². The van der Waals surface area contributed by atoms with Crippen LogP contribution in [0.15, 0.2) is 17.5 Å². The maximum Gasteiger partial charge on any atom is 0.514 e. The zero-order chi connectivity index (χ0) is 11.5. The van der Waals surface area contributed by atoms with Gasteiger partial charge in [0.2, 0.25) is 0 Å². The van der Waals surface area contributed by atoms with Crippen molar-refractivity contribution in [1.29, 1.82) is 0 Å². The Balaban J connectivity index is 2.09. The first-order chi connectivity index (χ1) is 7.66. The molecule has 82 valence electrons. The van der Waals surface area contributed by atoms with E-state index in [0.29, 0.717) is 4.88 Å². The number of aromatic nitrogens is 4. The first-order valence-electron chi connectivity index (χ1n) is 4.16. The topological polar surface area (TPSA) is 104 Å². The Morgan fingerprint density at radius 1 is 1.62 bits per heavy atom. The lowest BCUT2D eigenvalue weighted by molar-refractivity contribution is -0.394. The molecule has 0 fully saturated rings. The normalized spacial score (nSPS) is 10.2. The number of rotatable bonds is 4. The summed E-state index contributed by atoms with van der Waals surface area (Å²) in [5, 5.41) is 22.1. The maximum atomic E-state index is 11.6. The molecule has 0 bridgehead atoms. The van der Waals surface area contributed by atoms with Crippen LogP contribution in [0.4, 0.5) is 5.95 Å². The van der Waals surface area contributed by atoms with Crippen LogP contribution in [-0.2, 0) is 6.54 Å². The van der Waals surface area contributed by atoms with Crippen molar-refractivity contribution in [3.63, 3.8) is 0 Å². The Morgan fingerprint density at radius 3 is 3.00 bits per heavy atom. The van der Waals surface area contributed by atoms with E-state index in [1.54, 1.807) is 17.5 Å². The molecule has 0 aliphatic rings. The minimum Gasteiger partial charge on any atom is -0.390 e. The van der Waals surface area contributed by atoms with Crippen molar-refractivity contribution in [3.8, 4) is 0 Å². The van der Waals surface area contributed by atoms with Gasteiger partial charge in [0.25, 0.3) is 0 Å². The molecule has 0 radical (unpaired) electrons. The standard InChI is InChI=1S/C7H5N5O3S/c13-5(6-2-1-3-16-6)4-11-9-7(8-10-11)12(14)15/h1-3H,4H2. The smallest absolute Gasteiger partial charge is 0.390 e. The second-order valence-corrected chi connectivity index (χ2v) is 3.73. The summed E-state index contributed by atoms with van der Waals surface area (Å²) < 4.78 is 0. The fourth-order valence-electron chi connectivity index (χ4n) is 1.02. The highest BCUT2D eigenvalue weighted by Gasteiger charge is 2.18. The molecule has 0 unspecified atom stereocenters. The third-order valence-electron chi connectivity index (χ3n) is 1.69. The molecule has 0 amide bonds. The minimum atomic E-state index is -0.765. The van der Waals surface area contributed by atoms with E-state index in [1.165, 1.54) is 11.3 Å². The van der Waals surface area contributed by atoms with Gasteiger partial charge in [-0.15, -0.1) is 11.3 Å². The van der Waals surface area contributed by atoms with Crippen LogP contribution >= 0.6 is 11.3 Å². The van der Waals surface area contributed by atoms with Crippen molar-refractivity contribution in [1.82, 2.24) is 20.2 Å². The van der Waals surface area contributed by atoms with Gasteiger partial charge in [-0.05, 0) is 16.4 Å². The summed E-state index contributed by atoms with van der Waals surface area (Å²) >= 11 is 1.29. The molecule has 9 heteroatoms. The highest BCUT2D eigenvalue weighted by atomic mass is 32.1. The Labute approximate surface area is 92.7 Å². The molecule has 2 heterocycles. The molecule has 16 heavy (non-hydrogen) atoms. The Kier molecular flexibility index (Phi) is 2.68. The molecule has 2 aromatic heterocycles. The first kappa shape index (κ1) is 10.4. The van der Waals surface area contributed by atoms with E-state index in [-0.39, 0.29) is 12.3 Å². The van der Waals surface area contributed by atoms with Crippen molar-refractivity contribution >= 4 is 23.1 Å². The summed E-state index contributed by atoms with van der Waals surface area (Å²) in [6, 6.07) is 3.41. The molecule has 0 saturated carbocycles. The molecule has 0 aliphatic heterocycles. The summed E-state index contributed by atoms with van der Waals surface area (Å²) in [6.07, 6.45) is 0. The van der Waals surface area contributed by atoms with Crippen molar-refractivity contribution in [2.75, 3.05) is 0 Å². The molecule has 8 nitrogen and oxygen atoms in total. The molecular formula is C7H5N5O3S. The number of hydrogen-bond acceptors (Lipinski definition) is 7. The summed E-state index contributed by atoms with van der Waals surface area (Å²) in [5.41, 5.74) is 0. The quantitative estimate of drug-likeness (QED) is 0.437. The average molecular weight is 239 g/mol. The number of Topliss-reactive ketones (excluding diaryl/α,β-unsaturated/α-hetero) is 1. The Morgan fingerprint density at radius 2 is 2.44 bits per heavy atom. The van der Waals surface area contributed by atoms with Crippen LogP contribution in [0.25, 0.3) is 0 Å². The largest absolute Gasteiger partial charge is 0.514 e. The lowest BCUT2D eigenvalue weighted by Gasteiger charge is -1.91. The molecule has 0 aromatic carbocycles. The zero-order valence-electron chi connectivity index (χ0n) is 7.81. The predicted molar refractivity (Wildman–Crippen MR) is 53.1 cm³/mol. The lowest BCUT2D eigenvalue weighted by Crippen LogP contribution is -2.12. The number of thiophene rings is 1. The summed E-state index contributed by atoms with van der Waals surface area (Å²) in [4.78, 5) is 22.5. The Bertz CT molecular complexity index is 520. The van der Waals surface area contributed by atoms with Crippen LogP contribution < -0.4 is 0 Å². The average Bonchev–Trinajstić information content (AvgIpc) is 2.87. The molecular weight excluding hydrogens is 234 g/mol. The van der Waals surface area contributed by atoms with Crippen molar-refractivity contribution in [3.05, 3.63) is 32.5 Å². The third-order valence-corrected chi connectivity index (χ3v) is 2.60. The van der Waals surface area contributed by atoms with Crippen LogP contribution in [0.5, 0.6) is 0 Å². The molecule has 0 saturated heterocycles. The van der Waals surface area contributed by atoms with E-state index in [4.69, 9.17) is 0 Å². The van der Waals surface area contributed by atoms with Gasteiger partial charge in [0.15, 0.2) is 5.78 Å². The second kappa shape index (κ2) is 4.14. The SMILES string of the molecule is O=C(Cn1nnc([N+](=O)[O-])n1)c1cccs1. The number of nitro groups is 1. The van der Waals surface area contributed by atoms with Crippen molar-refractivity contribution < 1.29 is 9.72 Å². The van der Waals surface area contributed by atoms with Gasteiger partial charge in [0, 0.05) is 5.21 Å². The minimum absolute atomic E-state index is 0.151. The van der Waals surface area contributed by atoms with Crippen LogP contribution in [-0.4, -0.2) is 30.9 Å². The van der Waals surface area contributed by atoms with Gasteiger partial charge in [0.05, 0.1) is 15.1 Å². The van der Waals surface area contributed by atoms with Gasteiger partial charge in [0.1, 0.15) is 6.54 Å². The van der Waals surface area contributed by atoms with Gasteiger partial charge < -0.3 is 10.1 Å². The van der Waals surface area contributed by atoms with E-state index in [1.807, 2.05) is 0 Å². The van der Waals surface area contributed by atoms with Crippen LogP contribution in [0, 0.1) is 10.1 Å². The monoisotopic (exact) mass is 239 g/mol. The molecule has 2 aromatic rings. The van der Waals surface area contributed by atoms with E-state index in [2.05, 4.69) is 15.4 Å². The van der Waals surface area contributed by atoms with Gasteiger partial charge in [-0.25, -0.2) is 0 Å². The highest BCUT2D eigenvalue weighted by molar-refractivity contribution is 7.12. The van der Waals surface area contributed by atoms with E-state index < -0.39 is 10.9 Å². The van der Waals surface area contributed by atoms with Crippen LogP contribution in [0.3, 0.4) is 0 Å². The van der Waals surface area contributed by atoms with Crippen molar-refractivity contribution in [2.45, 2.75) is 6.54 Å². The molecule has 0 N–H and O–H groups in total. The number of ketones is 1. The zero-order valence-corrected chi connectivity index (χ0v) is 8.62. The molecule has 2 rings (SSSR count). The number of tetrazole rings is 1. The van der Waals surface area contributed by atoms with Crippen LogP contribution in [0.1, 0.15) is 9.67 Å². The number of nitrogens with zero attached hydrogens (tertiary/aromatic N) is 5. The molecule has 0 atom stereocenters. The van der Waals surface area contributed by atoms with Gasteiger partial charge in [-0.1, -0.05) is 10.9 Å². The number of carbonyl (C=O) groups is 1. The number of carbonyl (C=O) groups excluding carboxylic acids is 1. The Hall–Kier alpha value is -2.16. The van der Waals surface area contributed by atoms with Crippen molar-refractivity contribution in [2.24, 2.45) is 0 Å². The lowest BCUT2D eigenvalue weighted by atomic mass is 10.3. The van der Waals surface area contributed by atoms with E-state index in [0.717, 1.165) is 4.80 Å². The summed E-state index contributed by atoms with van der Waals surface area (Å²) in [5.74, 6) is -0.818. The maximum absolute atomic E-state index is 11.6. The second-order valence-electron chi connectivity index (χ2n) is 2.78. The summed E-state index contributed by atoms with van der Waals surface area (Å²) in [7, 11) is 0. The fraction of sp³-hybridized carbons (Fsp3) is 0.143. The summed E-state index contributed by atoms with van der Waals surface area (Å²) in [6.45, 7) is -0.151.